The Morgan fingerprint density at radius 3 is 2.29 bits per heavy atom. The molecule has 0 bridgehead atoms. The minimum atomic E-state index is 0.574. The SMILES string of the molecule is C=C(C)CNC(=C)C1CC12CCC(C)(C)CC2. The van der Waals surface area contributed by atoms with E-state index in [2.05, 4.69) is 39.2 Å². The van der Waals surface area contributed by atoms with E-state index in [1.165, 1.54) is 43.4 Å². The molecule has 0 aliphatic heterocycles. The fourth-order valence-corrected chi connectivity index (χ4v) is 3.21. The normalized spacial score (nSPS) is 28.8. The molecule has 2 aliphatic rings. The summed E-state index contributed by atoms with van der Waals surface area (Å²) in [5, 5.41) is 3.44. The molecule has 1 nitrogen and oxygen atoms in total. The van der Waals surface area contributed by atoms with Crippen LogP contribution < -0.4 is 5.32 Å². The van der Waals surface area contributed by atoms with Crippen LogP contribution in [0.5, 0.6) is 0 Å². The predicted molar refractivity (Wildman–Crippen MR) is 74.7 cm³/mol. The lowest BCUT2D eigenvalue weighted by Crippen LogP contribution is -2.25. The first-order valence-electron chi connectivity index (χ1n) is 6.92. The van der Waals surface area contributed by atoms with Crippen molar-refractivity contribution in [2.45, 2.75) is 52.9 Å². The zero-order chi connectivity index (χ0) is 12.7. The third kappa shape index (κ3) is 2.75. The van der Waals surface area contributed by atoms with Gasteiger partial charge < -0.3 is 5.32 Å². The van der Waals surface area contributed by atoms with E-state index in [-0.39, 0.29) is 0 Å². The van der Waals surface area contributed by atoms with E-state index >= 15 is 0 Å². The van der Waals surface area contributed by atoms with Gasteiger partial charge >= 0.3 is 0 Å². The molecule has 1 atom stereocenters. The van der Waals surface area contributed by atoms with Crippen molar-refractivity contribution < 1.29 is 0 Å². The summed E-state index contributed by atoms with van der Waals surface area (Å²) >= 11 is 0. The Morgan fingerprint density at radius 1 is 1.18 bits per heavy atom. The number of nitrogens with one attached hydrogen (secondary N) is 1. The molecule has 0 aromatic rings. The standard InChI is InChI=1S/C16H27N/c1-12(2)11-17-13(3)14-10-16(14)8-6-15(4,5)7-9-16/h14,17H,1,3,6-11H2,2,4-5H3. The van der Waals surface area contributed by atoms with Gasteiger partial charge in [-0.2, -0.15) is 0 Å². The van der Waals surface area contributed by atoms with E-state index in [1.54, 1.807) is 0 Å². The molecule has 0 aromatic heterocycles. The van der Waals surface area contributed by atoms with Crippen LogP contribution >= 0.6 is 0 Å². The van der Waals surface area contributed by atoms with Crippen molar-refractivity contribution in [2.75, 3.05) is 6.54 Å². The van der Waals surface area contributed by atoms with E-state index in [0.29, 0.717) is 10.8 Å². The highest BCUT2D eigenvalue weighted by atomic mass is 14.9. The minimum absolute atomic E-state index is 0.574. The van der Waals surface area contributed by atoms with E-state index in [9.17, 15) is 0 Å². The van der Waals surface area contributed by atoms with Gasteiger partial charge in [0.15, 0.2) is 0 Å². The largest absolute Gasteiger partial charge is 0.385 e. The summed E-state index contributed by atoms with van der Waals surface area (Å²) in [5.41, 5.74) is 3.64. The maximum absolute atomic E-state index is 4.22. The summed E-state index contributed by atoms with van der Waals surface area (Å²) in [7, 11) is 0. The fraction of sp³-hybridized carbons (Fsp3) is 0.750. The Kier molecular flexibility index (Phi) is 3.14. The first kappa shape index (κ1) is 12.7. The molecule has 2 rings (SSSR count). The van der Waals surface area contributed by atoms with Crippen molar-refractivity contribution in [1.82, 2.24) is 5.32 Å². The van der Waals surface area contributed by atoms with Gasteiger partial charge in [-0.05, 0) is 49.9 Å². The second-order valence-corrected chi connectivity index (χ2v) is 7.12. The Balaban J connectivity index is 1.83. The van der Waals surface area contributed by atoms with Gasteiger partial charge in [0.05, 0.1) is 0 Å². The second-order valence-electron chi connectivity index (χ2n) is 7.12. The van der Waals surface area contributed by atoms with Gasteiger partial charge in [0.2, 0.25) is 0 Å². The quantitative estimate of drug-likeness (QED) is 0.715. The zero-order valence-electron chi connectivity index (χ0n) is 11.7. The van der Waals surface area contributed by atoms with E-state index in [1.807, 2.05) is 0 Å². The number of hydrogen-bond acceptors (Lipinski definition) is 1. The summed E-state index contributed by atoms with van der Waals surface area (Å²) < 4.78 is 0. The van der Waals surface area contributed by atoms with Gasteiger partial charge in [-0.3, -0.25) is 0 Å². The van der Waals surface area contributed by atoms with Gasteiger partial charge in [0.25, 0.3) is 0 Å². The number of hydrogen-bond donors (Lipinski definition) is 1. The molecule has 2 saturated carbocycles. The first-order valence-corrected chi connectivity index (χ1v) is 6.92. The molecule has 2 fully saturated rings. The maximum atomic E-state index is 4.22. The van der Waals surface area contributed by atoms with E-state index in [0.717, 1.165) is 12.5 Å². The van der Waals surface area contributed by atoms with Crippen LogP contribution in [-0.2, 0) is 0 Å². The predicted octanol–water partition coefficient (Wildman–Crippen LogP) is 4.27. The van der Waals surface area contributed by atoms with Gasteiger partial charge in [-0.25, -0.2) is 0 Å². The van der Waals surface area contributed by atoms with Gasteiger partial charge in [0, 0.05) is 18.2 Å². The van der Waals surface area contributed by atoms with Crippen molar-refractivity contribution >= 4 is 0 Å². The van der Waals surface area contributed by atoms with E-state index in [4.69, 9.17) is 0 Å². The highest BCUT2D eigenvalue weighted by molar-refractivity contribution is 5.20. The Labute approximate surface area is 106 Å². The summed E-state index contributed by atoms with van der Waals surface area (Å²) in [6, 6.07) is 0. The smallest absolute Gasteiger partial charge is 0.0351 e. The van der Waals surface area contributed by atoms with Crippen LogP contribution in [-0.4, -0.2) is 6.54 Å². The molecule has 1 spiro atoms. The Hall–Kier alpha value is -0.720. The fourth-order valence-electron chi connectivity index (χ4n) is 3.21. The van der Waals surface area contributed by atoms with Crippen molar-refractivity contribution in [3.63, 3.8) is 0 Å². The van der Waals surface area contributed by atoms with Crippen molar-refractivity contribution in [1.29, 1.82) is 0 Å². The molecule has 0 radical (unpaired) electrons. The molecule has 96 valence electrons. The molecule has 0 heterocycles. The first-order chi connectivity index (χ1) is 7.85. The van der Waals surface area contributed by atoms with Gasteiger partial charge in [0.1, 0.15) is 0 Å². The summed E-state index contributed by atoms with van der Waals surface area (Å²) in [6.07, 6.45) is 6.94. The molecule has 0 amide bonds. The minimum Gasteiger partial charge on any atom is -0.385 e. The van der Waals surface area contributed by atoms with Crippen molar-refractivity contribution in [2.24, 2.45) is 16.7 Å². The molecule has 1 unspecified atom stereocenters. The van der Waals surface area contributed by atoms with Gasteiger partial charge in [-0.1, -0.05) is 32.6 Å². The number of rotatable bonds is 4. The molecule has 1 N–H and O–H groups in total. The Bertz CT molecular complexity index is 327. The van der Waals surface area contributed by atoms with Crippen LogP contribution in [0.15, 0.2) is 24.4 Å². The summed E-state index contributed by atoms with van der Waals surface area (Å²) in [6.45, 7) is 15.9. The van der Waals surface area contributed by atoms with Crippen LogP contribution in [0.3, 0.4) is 0 Å². The highest BCUT2D eigenvalue weighted by Crippen LogP contribution is 2.65. The van der Waals surface area contributed by atoms with Crippen LogP contribution in [0.4, 0.5) is 0 Å². The van der Waals surface area contributed by atoms with Gasteiger partial charge in [-0.15, -0.1) is 0 Å². The average molecular weight is 233 g/mol. The summed E-state index contributed by atoms with van der Waals surface area (Å²) in [4.78, 5) is 0. The lowest BCUT2D eigenvalue weighted by molar-refractivity contribution is 0.169. The summed E-state index contributed by atoms with van der Waals surface area (Å²) in [5.74, 6) is 0.734. The molecule has 2 aliphatic carbocycles. The molecule has 17 heavy (non-hydrogen) atoms. The average Bonchev–Trinajstić information content (AvgIpc) is 2.95. The lowest BCUT2D eigenvalue weighted by Gasteiger charge is -2.35. The third-order valence-electron chi connectivity index (χ3n) is 4.83. The molecule has 1 heteroatoms. The monoisotopic (exact) mass is 233 g/mol. The van der Waals surface area contributed by atoms with Crippen LogP contribution in [0.25, 0.3) is 0 Å². The lowest BCUT2D eigenvalue weighted by atomic mass is 9.70. The molecular weight excluding hydrogens is 206 g/mol. The Morgan fingerprint density at radius 2 is 1.76 bits per heavy atom. The molecule has 0 aromatic carbocycles. The second kappa shape index (κ2) is 4.19. The zero-order valence-corrected chi connectivity index (χ0v) is 11.7. The van der Waals surface area contributed by atoms with Crippen molar-refractivity contribution in [3.05, 3.63) is 24.4 Å². The van der Waals surface area contributed by atoms with Crippen LogP contribution in [0.1, 0.15) is 52.9 Å². The van der Waals surface area contributed by atoms with E-state index < -0.39 is 0 Å². The maximum Gasteiger partial charge on any atom is 0.0351 e. The highest BCUT2D eigenvalue weighted by Gasteiger charge is 2.56. The third-order valence-corrected chi connectivity index (χ3v) is 4.83. The topological polar surface area (TPSA) is 12.0 Å². The molecular formula is C16H27N. The number of allylic oxidation sites excluding steroid dienone is 1. The van der Waals surface area contributed by atoms with Crippen molar-refractivity contribution in [3.8, 4) is 0 Å². The van der Waals surface area contributed by atoms with Crippen LogP contribution in [0.2, 0.25) is 0 Å². The van der Waals surface area contributed by atoms with Crippen LogP contribution in [0, 0.1) is 16.7 Å². The molecule has 0 saturated heterocycles.